The van der Waals surface area contributed by atoms with Gasteiger partial charge in [0, 0.05) is 49.4 Å². The van der Waals surface area contributed by atoms with E-state index in [1.165, 1.54) is 0 Å². The first-order valence-corrected chi connectivity index (χ1v) is 15.1. The molecule has 2 aliphatic rings. The summed E-state index contributed by atoms with van der Waals surface area (Å²) < 4.78 is 28.9. The number of nitrogens with zero attached hydrogens (tertiary/aromatic N) is 4. The molecule has 0 saturated carbocycles. The first-order chi connectivity index (χ1) is 20.7. The largest absolute Gasteiger partial charge is 0.491 e. The van der Waals surface area contributed by atoms with Crippen molar-refractivity contribution in [2.24, 2.45) is 16.0 Å². The van der Waals surface area contributed by atoms with E-state index in [1.807, 2.05) is 76.4 Å². The third kappa shape index (κ3) is 7.74. The van der Waals surface area contributed by atoms with Gasteiger partial charge in [0.25, 0.3) is 0 Å². The number of ether oxygens (including phenoxy) is 2. The fourth-order valence-corrected chi connectivity index (χ4v) is 5.05. The average Bonchev–Trinajstić information content (AvgIpc) is 3.13. The molecule has 0 fully saturated rings. The van der Waals surface area contributed by atoms with Crippen LogP contribution in [0.25, 0.3) is 0 Å². The molecule has 1 atom stereocenters. The molecule has 228 valence electrons. The predicted molar refractivity (Wildman–Crippen MR) is 177 cm³/mol. The first-order valence-electron chi connectivity index (χ1n) is 15.1. The molecular formula is C35H44FN5O2. The number of fused-ring (bicyclic) bond motifs is 1. The van der Waals surface area contributed by atoms with Crippen molar-refractivity contribution >= 4 is 23.4 Å². The summed E-state index contributed by atoms with van der Waals surface area (Å²) >= 11 is 0. The Bertz CT molecular complexity index is 1470. The molecule has 2 heterocycles. The van der Waals surface area contributed by atoms with Gasteiger partial charge in [-0.15, -0.1) is 0 Å². The molecule has 0 bridgehead atoms. The zero-order valence-electron chi connectivity index (χ0n) is 26.3. The minimum Gasteiger partial charge on any atom is -0.491 e. The summed E-state index contributed by atoms with van der Waals surface area (Å²) in [5.74, 6) is 2.38. The number of unbranched alkanes of at least 4 members (excludes halogenated alkanes) is 1. The summed E-state index contributed by atoms with van der Waals surface area (Å²) in [6.45, 7) is 18.2. The molecule has 2 aliphatic heterocycles. The van der Waals surface area contributed by atoms with Gasteiger partial charge in [-0.25, -0.2) is 14.4 Å². The fourth-order valence-electron chi connectivity index (χ4n) is 5.05. The third-order valence-corrected chi connectivity index (χ3v) is 7.23. The standard InChI is InChI=1S/C35H44FN5O2/c1-8-11-16-37-35(32-26(6)20-31-34(33(32)36)40(17-12-9-2)22-24(4)23-42-31)39-28-13-14-30(25(5)19-28)43-29-15-18-41(38-10-3)27(7)21-29/h10-11,13-16,18-21,24H,7-9,12,17,22-23H2,1-6H3,(H,37,39)/b16-11+,38-10-. The lowest BCUT2D eigenvalue weighted by molar-refractivity contribution is 0.273. The Hall–Kier alpha value is -4.33. The highest BCUT2D eigenvalue weighted by Gasteiger charge is 2.28. The van der Waals surface area contributed by atoms with E-state index in [1.54, 1.807) is 17.4 Å². The summed E-state index contributed by atoms with van der Waals surface area (Å²) in [4.78, 5) is 6.84. The molecule has 0 saturated heterocycles. The maximum absolute atomic E-state index is 16.7. The van der Waals surface area contributed by atoms with E-state index in [0.717, 1.165) is 49.2 Å². The number of benzene rings is 2. The van der Waals surface area contributed by atoms with Gasteiger partial charge in [0.2, 0.25) is 0 Å². The molecule has 8 heteroatoms. The topological polar surface area (TPSA) is 61.7 Å². The Kier molecular flexibility index (Phi) is 10.8. The van der Waals surface area contributed by atoms with E-state index in [0.29, 0.717) is 46.6 Å². The Balaban J connectivity index is 1.66. The lowest BCUT2D eigenvalue weighted by Crippen LogP contribution is -2.30. The van der Waals surface area contributed by atoms with Crippen LogP contribution >= 0.6 is 0 Å². The fraction of sp³-hybridized carbons (Fsp3) is 0.371. The number of aliphatic imine (C=N–C) groups is 1. The van der Waals surface area contributed by atoms with Crippen molar-refractivity contribution in [2.75, 3.05) is 29.9 Å². The number of hydrazone groups is 1. The van der Waals surface area contributed by atoms with Crippen molar-refractivity contribution < 1.29 is 13.9 Å². The smallest absolute Gasteiger partial charge is 0.161 e. The van der Waals surface area contributed by atoms with Crippen LogP contribution in [-0.4, -0.2) is 36.8 Å². The molecule has 4 rings (SSSR count). The highest BCUT2D eigenvalue weighted by atomic mass is 19.1. The van der Waals surface area contributed by atoms with Crippen LogP contribution in [0.1, 0.15) is 63.6 Å². The number of nitrogens with one attached hydrogen (secondary N) is 1. The van der Waals surface area contributed by atoms with Crippen molar-refractivity contribution in [1.29, 1.82) is 0 Å². The molecular weight excluding hydrogens is 541 g/mol. The van der Waals surface area contributed by atoms with Crippen molar-refractivity contribution in [3.05, 3.63) is 95.4 Å². The minimum absolute atomic E-state index is 0.289. The van der Waals surface area contributed by atoms with Gasteiger partial charge in [0.05, 0.1) is 17.9 Å². The molecule has 1 unspecified atom stereocenters. The van der Waals surface area contributed by atoms with E-state index in [-0.39, 0.29) is 11.7 Å². The molecule has 2 aromatic carbocycles. The van der Waals surface area contributed by atoms with Gasteiger partial charge >= 0.3 is 0 Å². The Morgan fingerprint density at radius 1 is 1.23 bits per heavy atom. The molecule has 0 aromatic heterocycles. The van der Waals surface area contributed by atoms with Crippen LogP contribution in [0, 0.1) is 25.6 Å². The van der Waals surface area contributed by atoms with Crippen molar-refractivity contribution in [3.8, 4) is 11.5 Å². The molecule has 0 spiro atoms. The molecule has 7 nitrogen and oxygen atoms in total. The zero-order chi connectivity index (χ0) is 30.9. The molecule has 0 radical (unpaired) electrons. The zero-order valence-corrected chi connectivity index (χ0v) is 26.3. The second kappa shape index (κ2) is 14.7. The van der Waals surface area contributed by atoms with Crippen LogP contribution in [0.5, 0.6) is 11.5 Å². The summed E-state index contributed by atoms with van der Waals surface area (Å²) in [5.41, 5.74) is 4.11. The Labute approximate surface area is 255 Å². The number of rotatable bonds is 10. The lowest BCUT2D eigenvalue weighted by atomic mass is 10.0. The predicted octanol–water partition coefficient (Wildman–Crippen LogP) is 8.47. The second-order valence-electron chi connectivity index (χ2n) is 11.0. The number of allylic oxidation sites excluding steroid dienone is 3. The Morgan fingerprint density at radius 3 is 2.74 bits per heavy atom. The van der Waals surface area contributed by atoms with Gasteiger partial charge in [-0.2, -0.15) is 5.10 Å². The van der Waals surface area contributed by atoms with Gasteiger partial charge < -0.3 is 19.7 Å². The van der Waals surface area contributed by atoms with Crippen molar-refractivity contribution in [3.63, 3.8) is 0 Å². The van der Waals surface area contributed by atoms with Gasteiger partial charge in [-0.3, -0.25) is 0 Å². The van der Waals surface area contributed by atoms with E-state index in [9.17, 15) is 0 Å². The molecule has 0 amide bonds. The van der Waals surface area contributed by atoms with E-state index >= 15 is 4.39 Å². The lowest BCUT2D eigenvalue weighted by Gasteiger charge is -2.27. The van der Waals surface area contributed by atoms with Crippen LogP contribution in [0.15, 0.2) is 83.0 Å². The number of amidine groups is 1. The highest BCUT2D eigenvalue weighted by Crippen LogP contribution is 2.39. The summed E-state index contributed by atoms with van der Waals surface area (Å²) in [6.07, 6.45) is 13.7. The average molecular weight is 586 g/mol. The van der Waals surface area contributed by atoms with E-state index < -0.39 is 0 Å². The summed E-state index contributed by atoms with van der Waals surface area (Å²) in [5, 5.41) is 9.32. The summed E-state index contributed by atoms with van der Waals surface area (Å²) in [6, 6.07) is 7.72. The first kappa shape index (κ1) is 31.6. The highest BCUT2D eigenvalue weighted by molar-refractivity contribution is 6.10. The molecule has 43 heavy (non-hydrogen) atoms. The van der Waals surface area contributed by atoms with Crippen LogP contribution in [0.2, 0.25) is 0 Å². The monoisotopic (exact) mass is 585 g/mol. The number of hydrogen-bond donors (Lipinski definition) is 1. The third-order valence-electron chi connectivity index (χ3n) is 7.23. The second-order valence-corrected chi connectivity index (χ2v) is 11.0. The Morgan fingerprint density at radius 2 is 2.05 bits per heavy atom. The number of halogens is 1. The molecule has 0 aliphatic carbocycles. The van der Waals surface area contributed by atoms with Crippen molar-refractivity contribution in [1.82, 2.24) is 5.01 Å². The van der Waals surface area contributed by atoms with Crippen molar-refractivity contribution in [2.45, 2.75) is 60.8 Å². The van der Waals surface area contributed by atoms with E-state index in [4.69, 9.17) is 14.5 Å². The van der Waals surface area contributed by atoms with Gasteiger partial charge in [-0.1, -0.05) is 39.8 Å². The number of anilines is 2. The van der Waals surface area contributed by atoms with Gasteiger partial charge in [-0.05, 0) is 75.1 Å². The normalized spacial score (nSPS) is 17.3. The molecule has 1 N–H and O–H groups in total. The number of hydrogen-bond acceptors (Lipinski definition) is 6. The SMILES string of the molecule is C=C1C=C(Oc2ccc(NC(=N/C=C/CC)c3c(C)cc4c(c3F)N(CCCC)CC(C)CO4)cc2C)C=CN1/N=C\C. The van der Waals surface area contributed by atoms with Crippen LogP contribution in [0.4, 0.5) is 15.8 Å². The minimum atomic E-state index is -0.314. The van der Waals surface area contributed by atoms with Crippen LogP contribution in [-0.2, 0) is 0 Å². The number of aryl methyl sites for hydroxylation is 2. The maximum Gasteiger partial charge on any atom is 0.161 e. The van der Waals surface area contributed by atoms with Crippen LogP contribution < -0.4 is 19.7 Å². The van der Waals surface area contributed by atoms with Crippen LogP contribution in [0.3, 0.4) is 0 Å². The van der Waals surface area contributed by atoms with Gasteiger partial charge in [0.1, 0.15) is 28.8 Å². The summed E-state index contributed by atoms with van der Waals surface area (Å²) in [7, 11) is 0. The van der Waals surface area contributed by atoms with Gasteiger partial charge in [0.15, 0.2) is 5.82 Å². The molecule has 2 aromatic rings. The quantitative estimate of drug-likeness (QED) is 0.224. The maximum atomic E-state index is 16.7. The van der Waals surface area contributed by atoms with E-state index in [2.05, 4.69) is 35.7 Å².